The Morgan fingerprint density at radius 3 is 1.40 bits per heavy atom. The third kappa shape index (κ3) is 5.11. The van der Waals surface area contributed by atoms with E-state index < -0.39 is 0 Å². The summed E-state index contributed by atoms with van der Waals surface area (Å²) in [5, 5.41) is 2.38. The minimum Gasteiger partial charge on any atom is 0 e. The van der Waals surface area contributed by atoms with Crippen molar-refractivity contribution in [2.75, 3.05) is 0 Å². The molecule has 0 spiro atoms. The second-order valence-corrected chi connectivity index (χ2v) is 7.41. The molecule has 25 heavy (non-hydrogen) atoms. The van der Waals surface area contributed by atoms with Crippen LogP contribution in [0.15, 0.2) is 60.7 Å². The summed E-state index contributed by atoms with van der Waals surface area (Å²) in [7, 11) is 0. The van der Waals surface area contributed by atoms with E-state index in [0.717, 1.165) is 31.3 Å². The van der Waals surface area contributed by atoms with Gasteiger partial charge in [-0.2, -0.15) is 0 Å². The van der Waals surface area contributed by atoms with Gasteiger partial charge in [-0.3, -0.25) is 0 Å². The molecule has 120 valence electrons. The molecule has 0 fully saturated rings. The van der Waals surface area contributed by atoms with Crippen molar-refractivity contribution >= 4 is 62.8 Å². The van der Waals surface area contributed by atoms with Crippen LogP contribution in [0.2, 0.25) is 0 Å². The summed E-state index contributed by atoms with van der Waals surface area (Å²) in [5.41, 5.74) is 4.26. The van der Waals surface area contributed by atoms with Crippen molar-refractivity contribution < 1.29 is 27.3 Å². The molecule has 0 aliphatic heterocycles. The van der Waals surface area contributed by atoms with Gasteiger partial charge in [0.25, 0.3) is 0 Å². The fraction of sp³-hybridized carbons (Fsp3) is 0.100. The first kappa shape index (κ1) is 20.5. The molecule has 0 aliphatic carbocycles. The van der Waals surface area contributed by atoms with E-state index in [1.54, 1.807) is 0 Å². The topological polar surface area (TPSA) is 25.8 Å². The molecule has 2 aromatic carbocycles. The summed E-state index contributed by atoms with van der Waals surface area (Å²) in [6.07, 6.45) is 0. The van der Waals surface area contributed by atoms with Crippen LogP contribution in [0.5, 0.6) is 0 Å². The van der Waals surface area contributed by atoms with Crippen molar-refractivity contribution in [2.24, 2.45) is 0 Å². The number of aromatic nitrogens is 2. The minimum atomic E-state index is 0. The molecule has 0 atom stereocenters. The Bertz CT molecular complexity index is 936. The number of benzene rings is 2. The Balaban J connectivity index is 0.000000173. The van der Waals surface area contributed by atoms with Gasteiger partial charge in [-0.05, 0) is 0 Å². The molecule has 0 amide bonds. The molecule has 2 nitrogen and oxygen atoms in total. The summed E-state index contributed by atoms with van der Waals surface area (Å²) in [6.45, 7) is 4.01. The third-order valence-electron chi connectivity index (χ3n) is 3.64. The largest absolute Gasteiger partial charge is 0 e. The minimum absolute atomic E-state index is 0. The molecule has 0 bridgehead atoms. The molecule has 5 heteroatoms. The maximum Gasteiger partial charge on any atom is 0 e. The van der Waals surface area contributed by atoms with Crippen LogP contribution in [0.25, 0.3) is 21.8 Å². The zero-order chi connectivity index (χ0) is 17.1. The number of nitrogens with zero attached hydrogens (tertiary/aromatic N) is 2. The van der Waals surface area contributed by atoms with E-state index >= 15 is 0 Å². The van der Waals surface area contributed by atoms with E-state index in [1.807, 2.05) is 50.2 Å². The normalized spacial score (nSPS) is 10.0. The van der Waals surface area contributed by atoms with Gasteiger partial charge in [0.05, 0.1) is 0 Å². The summed E-state index contributed by atoms with van der Waals surface area (Å²) in [5.74, 6) is 0. The number of hydrogen-bond acceptors (Lipinski definition) is 2. The van der Waals surface area contributed by atoms with Gasteiger partial charge in [-0.25, -0.2) is 0 Å². The maximum atomic E-state index is 4.44. The Morgan fingerprint density at radius 2 is 1.00 bits per heavy atom. The SMILES string of the molecule is Cc1ccc2cccc([Se])c2n1.Cc1ccc2cccc([Se])c2n1.[Cd]. The zero-order valence-electron chi connectivity index (χ0n) is 14.2. The smallest absolute Gasteiger partial charge is 0 e. The quantitative estimate of drug-likeness (QED) is 0.313. The van der Waals surface area contributed by atoms with Crippen LogP contribution in [-0.2, 0) is 27.3 Å². The van der Waals surface area contributed by atoms with E-state index in [9.17, 15) is 0 Å². The fourth-order valence-electron chi connectivity index (χ4n) is 2.43. The van der Waals surface area contributed by atoms with Crippen molar-refractivity contribution in [3.63, 3.8) is 0 Å². The average Bonchev–Trinajstić information content (AvgIpc) is 2.57. The average molecular weight is 555 g/mol. The number of hydrogen-bond donors (Lipinski definition) is 0. The molecule has 0 N–H and O–H groups in total. The van der Waals surface area contributed by atoms with Gasteiger partial charge in [0.15, 0.2) is 0 Å². The van der Waals surface area contributed by atoms with Crippen LogP contribution < -0.4 is 8.92 Å². The third-order valence-corrected chi connectivity index (χ3v) is 5.03. The van der Waals surface area contributed by atoms with E-state index in [4.69, 9.17) is 0 Å². The predicted molar refractivity (Wildman–Crippen MR) is 104 cm³/mol. The number of para-hydroxylation sites is 2. The van der Waals surface area contributed by atoms with Gasteiger partial charge in [0.1, 0.15) is 0 Å². The van der Waals surface area contributed by atoms with Crippen LogP contribution in [0.3, 0.4) is 0 Å². The molecule has 0 saturated heterocycles. The van der Waals surface area contributed by atoms with Crippen molar-refractivity contribution in [3.8, 4) is 0 Å². The molecular formula is C20H16CdN2Se2. The second kappa shape index (κ2) is 9.24. The number of rotatable bonds is 0. The Kier molecular flexibility index (Phi) is 7.59. The van der Waals surface area contributed by atoms with Gasteiger partial charge in [0, 0.05) is 27.3 Å². The van der Waals surface area contributed by atoms with Gasteiger partial charge < -0.3 is 0 Å². The van der Waals surface area contributed by atoms with Gasteiger partial charge >= 0.3 is 159 Å². The van der Waals surface area contributed by atoms with Gasteiger partial charge in [-0.15, -0.1) is 0 Å². The molecule has 0 unspecified atom stereocenters. The Morgan fingerprint density at radius 1 is 0.600 bits per heavy atom. The first-order valence-corrected chi connectivity index (χ1v) is 9.33. The van der Waals surface area contributed by atoms with Crippen molar-refractivity contribution in [1.82, 2.24) is 9.97 Å². The van der Waals surface area contributed by atoms with Crippen LogP contribution >= 0.6 is 0 Å². The van der Waals surface area contributed by atoms with Gasteiger partial charge in [0.2, 0.25) is 0 Å². The maximum absolute atomic E-state index is 4.44. The van der Waals surface area contributed by atoms with E-state index in [2.05, 4.69) is 66.3 Å². The predicted octanol–water partition coefficient (Wildman–Crippen LogP) is 2.67. The molecule has 2 heterocycles. The summed E-state index contributed by atoms with van der Waals surface area (Å²) in [6, 6.07) is 20.5. The van der Waals surface area contributed by atoms with Crippen LogP contribution in [0.1, 0.15) is 11.4 Å². The zero-order valence-corrected chi connectivity index (χ0v) is 21.7. The monoisotopic (exact) mass is 558 g/mol. The van der Waals surface area contributed by atoms with Crippen molar-refractivity contribution in [1.29, 1.82) is 0 Å². The molecule has 4 aromatic rings. The van der Waals surface area contributed by atoms with E-state index in [1.165, 1.54) is 10.8 Å². The number of fused-ring (bicyclic) bond motifs is 2. The standard InChI is InChI=1S/2C10H8NSe.Cd/c2*1-7-5-6-8-3-2-4-9(12)10(8)11-7;/h2*2-6H,1H3;. The first-order chi connectivity index (χ1) is 11.5. The van der Waals surface area contributed by atoms with E-state index in [0.29, 0.717) is 0 Å². The summed E-state index contributed by atoms with van der Waals surface area (Å²) < 4.78 is 2.24. The van der Waals surface area contributed by atoms with Gasteiger partial charge in [-0.1, -0.05) is 0 Å². The number of aryl methyl sites for hydroxylation is 2. The van der Waals surface area contributed by atoms with Crippen LogP contribution in [0, 0.1) is 13.8 Å². The second-order valence-electron chi connectivity index (χ2n) is 5.56. The Hall–Kier alpha value is -0.779. The fourth-order valence-corrected chi connectivity index (χ4v) is 3.45. The molecular weight excluding hydrogens is 539 g/mol. The first-order valence-electron chi connectivity index (χ1n) is 7.61. The van der Waals surface area contributed by atoms with Crippen LogP contribution in [-0.4, -0.2) is 42.0 Å². The molecule has 0 aliphatic rings. The number of pyridine rings is 2. The van der Waals surface area contributed by atoms with Crippen LogP contribution in [0.4, 0.5) is 0 Å². The molecule has 0 saturated carbocycles. The summed E-state index contributed by atoms with van der Waals surface area (Å²) >= 11 is 6.02. The molecule has 2 radical (unpaired) electrons. The molecule has 2 aromatic heterocycles. The molecule has 4 rings (SSSR count). The van der Waals surface area contributed by atoms with E-state index in [-0.39, 0.29) is 27.3 Å². The summed E-state index contributed by atoms with van der Waals surface area (Å²) in [4.78, 5) is 8.89. The Labute approximate surface area is 184 Å². The van der Waals surface area contributed by atoms with Crippen molar-refractivity contribution in [3.05, 3.63) is 72.1 Å². The van der Waals surface area contributed by atoms with Crippen molar-refractivity contribution in [2.45, 2.75) is 13.8 Å².